The minimum absolute atomic E-state index is 0.144. The van der Waals surface area contributed by atoms with Crippen LogP contribution < -0.4 is 9.63 Å². The third kappa shape index (κ3) is 3.65. The smallest absolute Gasteiger partial charge is 0.259 e. The van der Waals surface area contributed by atoms with E-state index in [1.807, 2.05) is 48.5 Å². The summed E-state index contributed by atoms with van der Waals surface area (Å²) in [5.74, 6) is -0.144. The van der Waals surface area contributed by atoms with Crippen LogP contribution in [-0.2, 0) is 6.54 Å². The van der Waals surface area contributed by atoms with Gasteiger partial charge in [0.05, 0.1) is 12.1 Å². The summed E-state index contributed by atoms with van der Waals surface area (Å²) in [5.41, 5.74) is 2.34. The number of benzene rings is 3. The number of fused-ring (bicyclic) bond motifs is 1. The first-order valence-electron chi connectivity index (χ1n) is 8.74. The van der Waals surface area contributed by atoms with Gasteiger partial charge in [0.15, 0.2) is 12.4 Å². The van der Waals surface area contributed by atoms with Gasteiger partial charge < -0.3 is 10.1 Å². The van der Waals surface area contributed by atoms with Crippen LogP contribution in [0.5, 0.6) is 0 Å². The quantitative estimate of drug-likeness (QED) is 0.405. The molecule has 1 heterocycles. The number of hydrogen-bond acceptors (Lipinski definition) is 2. The van der Waals surface area contributed by atoms with E-state index in [1.165, 1.54) is 17.8 Å². The Morgan fingerprint density at radius 3 is 2.22 bits per heavy atom. The number of carbonyl (C=O) groups excluding carboxylic acids is 1. The van der Waals surface area contributed by atoms with Crippen LogP contribution in [0.2, 0.25) is 0 Å². The van der Waals surface area contributed by atoms with Crippen LogP contribution in [0.1, 0.15) is 15.9 Å². The first-order valence-corrected chi connectivity index (χ1v) is 8.74. The fraction of sp³-hybridized carbons (Fsp3) is 0.0435. The molecule has 4 heteroatoms. The summed E-state index contributed by atoms with van der Waals surface area (Å²) in [5, 5.41) is 13.6. The first-order chi connectivity index (χ1) is 13.2. The Kier molecular flexibility index (Phi) is 4.54. The fourth-order valence-electron chi connectivity index (χ4n) is 3.12. The number of rotatable bonds is 4. The van der Waals surface area contributed by atoms with Gasteiger partial charge in [0.25, 0.3) is 5.91 Å². The molecule has 27 heavy (non-hydrogen) atoms. The molecular weight excluding hydrogens is 336 g/mol. The average molecular weight is 354 g/mol. The summed E-state index contributed by atoms with van der Waals surface area (Å²) >= 11 is 0. The summed E-state index contributed by atoms with van der Waals surface area (Å²) in [6.07, 6.45) is 2.68. The molecule has 0 atom stereocenters. The van der Waals surface area contributed by atoms with Gasteiger partial charge in [-0.3, -0.25) is 4.79 Å². The van der Waals surface area contributed by atoms with E-state index in [4.69, 9.17) is 0 Å². The molecule has 0 aliphatic rings. The maximum Gasteiger partial charge on any atom is 0.259 e. The normalized spacial score (nSPS) is 10.7. The van der Waals surface area contributed by atoms with Crippen molar-refractivity contribution in [2.45, 2.75) is 6.54 Å². The van der Waals surface area contributed by atoms with Crippen LogP contribution in [0.15, 0.2) is 97.3 Å². The maximum atomic E-state index is 13.1. The Hall–Kier alpha value is -3.66. The van der Waals surface area contributed by atoms with Crippen molar-refractivity contribution < 1.29 is 9.52 Å². The Balaban J connectivity index is 1.71. The minimum atomic E-state index is -0.144. The number of anilines is 1. The molecule has 4 rings (SSSR count). The molecule has 0 saturated carbocycles. The predicted octanol–water partition coefficient (Wildman–Crippen LogP) is 4.32. The molecule has 0 radical (unpaired) electrons. The highest BCUT2D eigenvalue weighted by Gasteiger charge is 2.19. The van der Waals surface area contributed by atoms with E-state index in [9.17, 15) is 10.0 Å². The summed E-state index contributed by atoms with van der Waals surface area (Å²) < 4.78 is 0.674. The lowest BCUT2D eigenvalue weighted by Gasteiger charge is -2.23. The molecule has 0 aliphatic carbocycles. The lowest BCUT2D eigenvalue weighted by molar-refractivity contribution is -0.605. The third-order valence-corrected chi connectivity index (χ3v) is 4.52. The van der Waals surface area contributed by atoms with E-state index < -0.39 is 0 Å². The van der Waals surface area contributed by atoms with Crippen LogP contribution in [0, 0.1) is 5.21 Å². The average Bonchev–Trinajstić information content (AvgIpc) is 2.72. The summed E-state index contributed by atoms with van der Waals surface area (Å²) in [6, 6.07) is 27.0. The van der Waals surface area contributed by atoms with Crippen LogP contribution in [-0.4, -0.2) is 5.91 Å². The molecule has 4 aromatic rings. The van der Waals surface area contributed by atoms with Crippen molar-refractivity contribution in [2.75, 3.05) is 4.90 Å². The van der Waals surface area contributed by atoms with Crippen molar-refractivity contribution in [3.8, 4) is 0 Å². The molecule has 0 fully saturated rings. The second kappa shape index (κ2) is 7.30. The van der Waals surface area contributed by atoms with Crippen molar-refractivity contribution in [2.24, 2.45) is 0 Å². The molecular formula is C23H18N2O2. The molecule has 0 N–H and O–H groups in total. The van der Waals surface area contributed by atoms with Crippen LogP contribution in [0.25, 0.3) is 10.8 Å². The molecule has 1 aromatic heterocycles. The Bertz CT molecular complexity index is 1080. The van der Waals surface area contributed by atoms with E-state index in [-0.39, 0.29) is 5.91 Å². The van der Waals surface area contributed by atoms with Gasteiger partial charge in [-0.05, 0) is 34.5 Å². The summed E-state index contributed by atoms with van der Waals surface area (Å²) in [7, 11) is 0. The van der Waals surface area contributed by atoms with E-state index in [2.05, 4.69) is 24.3 Å². The minimum Gasteiger partial charge on any atom is -0.619 e. The van der Waals surface area contributed by atoms with E-state index >= 15 is 0 Å². The predicted molar refractivity (Wildman–Crippen MR) is 106 cm³/mol. The summed E-state index contributed by atoms with van der Waals surface area (Å²) in [4.78, 5) is 14.9. The largest absolute Gasteiger partial charge is 0.619 e. The summed E-state index contributed by atoms with van der Waals surface area (Å²) in [6.45, 7) is 0.444. The zero-order valence-corrected chi connectivity index (χ0v) is 14.7. The van der Waals surface area contributed by atoms with Gasteiger partial charge in [-0.25, -0.2) is 0 Å². The van der Waals surface area contributed by atoms with Gasteiger partial charge in [-0.1, -0.05) is 54.6 Å². The van der Waals surface area contributed by atoms with Gasteiger partial charge in [0.1, 0.15) is 0 Å². The van der Waals surface area contributed by atoms with Gasteiger partial charge >= 0.3 is 0 Å². The molecule has 0 bridgehead atoms. The number of para-hydroxylation sites is 1. The lowest BCUT2D eigenvalue weighted by Crippen LogP contribution is -2.32. The molecule has 3 aromatic carbocycles. The SMILES string of the molecule is O=C(c1cc[n+]([O-])cc1)N(Cc1ccc2ccccc2c1)c1ccccc1. The number of carbonyl (C=O) groups is 1. The zero-order valence-electron chi connectivity index (χ0n) is 14.7. The fourth-order valence-corrected chi connectivity index (χ4v) is 3.12. The highest BCUT2D eigenvalue weighted by molar-refractivity contribution is 6.05. The molecule has 4 nitrogen and oxygen atoms in total. The number of nitrogens with zero attached hydrogens (tertiary/aromatic N) is 2. The van der Waals surface area contributed by atoms with Crippen LogP contribution in [0.3, 0.4) is 0 Å². The molecule has 0 saturated heterocycles. The van der Waals surface area contributed by atoms with Crippen molar-refractivity contribution in [1.82, 2.24) is 0 Å². The number of hydrogen-bond donors (Lipinski definition) is 0. The molecule has 0 aliphatic heterocycles. The number of pyridine rings is 1. The van der Waals surface area contributed by atoms with Crippen molar-refractivity contribution in [3.63, 3.8) is 0 Å². The number of amides is 1. The van der Waals surface area contributed by atoms with Crippen LogP contribution in [0.4, 0.5) is 5.69 Å². The van der Waals surface area contributed by atoms with Crippen molar-refractivity contribution >= 4 is 22.4 Å². The molecule has 132 valence electrons. The Morgan fingerprint density at radius 2 is 1.48 bits per heavy atom. The van der Waals surface area contributed by atoms with Crippen molar-refractivity contribution in [1.29, 1.82) is 0 Å². The second-order valence-electron chi connectivity index (χ2n) is 6.36. The van der Waals surface area contributed by atoms with Gasteiger partial charge in [0, 0.05) is 17.8 Å². The Morgan fingerprint density at radius 1 is 0.815 bits per heavy atom. The monoisotopic (exact) mass is 354 g/mol. The third-order valence-electron chi connectivity index (χ3n) is 4.52. The highest BCUT2D eigenvalue weighted by Crippen LogP contribution is 2.22. The molecule has 0 spiro atoms. The number of aromatic nitrogens is 1. The Labute approximate surface area is 157 Å². The van der Waals surface area contributed by atoms with Gasteiger partial charge in [-0.15, -0.1) is 0 Å². The van der Waals surface area contributed by atoms with Crippen molar-refractivity contribution in [3.05, 3.63) is 114 Å². The zero-order chi connectivity index (χ0) is 18.6. The topological polar surface area (TPSA) is 47.2 Å². The van der Waals surface area contributed by atoms with Gasteiger partial charge in [-0.2, -0.15) is 4.73 Å². The standard InChI is InChI=1S/C23H18N2O2/c26-23(20-12-14-24(27)15-13-20)25(22-8-2-1-3-9-22)17-18-10-11-19-6-4-5-7-21(19)16-18/h1-16H,17H2. The molecule has 0 unspecified atom stereocenters. The van der Waals surface area contributed by atoms with Crippen LogP contribution >= 0.6 is 0 Å². The first kappa shape index (κ1) is 16.8. The van der Waals surface area contributed by atoms with Gasteiger partial charge in [0.2, 0.25) is 0 Å². The van der Waals surface area contributed by atoms with E-state index in [0.29, 0.717) is 16.8 Å². The van der Waals surface area contributed by atoms with E-state index in [0.717, 1.165) is 16.6 Å². The highest BCUT2D eigenvalue weighted by atomic mass is 16.5. The second-order valence-corrected chi connectivity index (χ2v) is 6.36. The van der Waals surface area contributed by atoms with E-state index in [1.54, 1.807) is 17.0 Å². The maximum absolute atomic E-state index is 13.1. The lowest BCUT2D eigenvalue weighted by atomic mass is 10.1. The molecule has 1 amide bonds.